The molecule has 0 spiro atoms. The van der Waals surface area contributed by atoms with E-state index < -0.39 is 0 Å². The summed E-state index contributed by atoms with van der Waals surface area (Å²) >= 11 is 0. The highest BCUT2D eigenvalue weighted by Crippen LogP contribution is 2.19. The molecule has 8 heteroatoms. The van der Waals surface area contributed by atoms with Crippen LogP contribution in [0.3, 0.4) is 0 Å². The monoisotopic (exact) mass is 333 g/mol. The molecule has 0 atom stereocenters. The van der Waals surface area contributed by atoms with Crippen LogP contribution in [0.15, 0.2) is 16.9 Å². The van der Waals surface area contributed by atoms with Crippen LogP contribution in [0.1, 0.15) is 18.5 Å². The molecule has 3 amide bonds. The summed E-state index contributed by atoms with van der Waals surface area (Å²) in [6.07, 6.45) is 0.172. The average Bonchev–Trinajstić information content (AvgIpc) is 2.79. The van der Waals surface area contributed by atoms with Crippen molar-refractivity contribution in [2.75, 3.05) is 19.6 Å². The molecule has 1 aromatic rings. The largest absolute Gasteiger partial charge is 0.486 e. The van der Waals surface area contributed by atoms with Crippen molar-refractivity contribution in [3.63, 3.8) is 0 Å². The van der Waals surface area contributed by atoms with Gasteiger partial charge >= 0.3 is 0 Å². The summed E-state index contributed by atoms with van der Waals surface area (Å²) in [5.74, 6) is -0.370. The number of carbonyl (C=O) groups excluding carboxylic acids is 3. The Morgan fingerprint density at radius 1 is 1.17 bits per heavy atom. The van der Waals surface area contributed by atoms with Crippen molar-refractivity contribution in [3.05, 3.63) is 28.2 Å². The molecule has 128 valence electrons. The molecule has 0 unspecified atom stereocenters. The molecule has 3 rings (SSSR count). The van der Waals surface area contributed by atoms with E-state index >= 15 is 0 Å². The van der Waals surface area contributed by atoms with E-state index in [4.69, 9.17) is 4.74 Å². The standard InChI is InChI=1S/C16H19N3O5/c1-10-5-11(6-15(22)17(10)2)24-12-7-18(8-12)16(23)9-19-13(20)3-4-14(19)21/h5-6,12H,3-4,7-9H2,1-2H3. The van der Waals surface area contributed by atoms with Gasteiger partial charge in [0, 0.05) is 31.6 Å². The minimum Gasteiger partial charge on any atom is -0.486 e. The van der Waals surface area contributed by atoms with Gasteiger partial charge in [-0.25, -0.2) is 0 Å². The number of aryl methyl sites for hydroxylation is 1. The summed E-state index contributed by atoms with van der Waals surface area (Å²) in [4.78, 5) is 49.4. The summed E-state index contributed by atoms with van der Waals surface area (Å²) in [6.45, 7) is 2.37. The van der Waals surface area contributed by atoms with Crippen LogP contribution < -0.4 is 10.3 Å². The van der Waals surface area contributed by atoms with Crippen LogP contribution in [-0.2, 0) is 21.4 Å². The van der Waals surface area contributed by atoms with E-state index in [9.17, 15) is 19.2 Å². The molecule has 0 radical (unpaired) electrons. The van der Waals surface area contributed by atoms with E-state index in [2.05, 4.69) is 0 Å². The number of nitrogens with zero attached hydrogens (tertiary/aromatic N) is 3. The third-order valence-electron chi connectivity index (χ3n) is 4.43. The highest BCUT2D eigenvalue weighted by Gasteiger charge is 2.36. The lowest BCUT2D eigenvalue weighted by Gasteiger charge is -2.39. The molecule has 2 aliphatic rings. The molecule has 0 N–H and O–H groups in total. The normalized spacial score (nSPS) is 18.1. The lowest BCUT2D eigenvalue weighted by Crippen LogP contribution is -2.58. The fraction of sp³-hybridized carbons (Fsp3) is 0.500. The van der Waals surface area contributed by atoms with E-state index in [-0.39, 0.29) is 48.8 Å². The van der Waals surface area contributed by atoms with Gasteiger partial charge in [-0.05, 0) is 13.0 Å². The number of imide groups is 1. The molecule has 3 heterocycles. The number of rotatable bonds is 4. The van der Waals surface area contributed by atoms with E-state index in [0.29, 0.717) is 18.8 Å². The molecule has 0 aliphatic carbocycles. The molecule has 0 aromatic carbocycles. The van der Waals surface area contributed by atoms with Gasteiger partial charge in [0.25, 0.3) is 5.56 Å². The van der Waals surface area contributed by atoms with Gasteiger partial charge in [0.15, 0.2) is 0 Å². The van der Waals surface area contributed by atoms with Gasteiger partial charge in [-0.1, -0.05) is 0 Å². The fourth-order valence-corrected chi connectivity index (χ4v) is 2.75. The number of hydrogen-bond donors (Lipinski definition) is 0. The van der Waals surface area contributed by atoms with Crippen molar-refractivity contribution in [2.24, 2.45) is 7.05 Å². The Balaban J connectivity index is 1.52. The number of amides is 3. The zero-order valence-corrected chi connectivity index (χ0v) is 13.7. The van der Waals surface area contributed by atoms with Crippen molar-refractivity contribution in [3.8, 4) is 5.75 Å². The second-order valence-electron chi connectivity index (χ2n) is 6.14. The Labute approximate surface area is 138 Å². The van der Waals surface area contributed by atoms with Crippen molar-refractivity contribution in [1.82, 2.24) is 14.4 Å². The summed E-state index contributed by atoms with van der Waals surface area (Å²) in [6, 6.07) is 3.19. The minimum atomic E-state index is -0.294. The van der Waals surface area contributed by atoms with E-state index in [1.165, 1.54) is 15.5 Å². The Hall–Kier alpha value is -2.64. The van der Waals surface area contributed by atoms with Gasteiger partial charge in [0.2, 0.25) is 17.7 Å². The molecule has 0 bridgehead atoms. The van der Waals surface area contributed by atoms with E-state index in [1.54, 1.807) is 13.1 Å². The highest BCUT2D eigenvalue weighted by atomic mass is 16.5. The first-order chi connectivity index (χ1) is 11.3. The van der Waals surface area contributed by atoms with Crippen molar-refractivity contribution >= 4 is 17.7 Å². The predicted octanol–water partition coefficient (Wildman–Crippen LogP) is -0.568. The first kappa shape index (κ1) is 16.2. The Morgan fingerprint density at radius 3 is 2.38 bits per heavy atom. The van der Waals surface area contributed by atoms with Crippen LogP contribution in [0, 0.1) is 6.92 Å². The molecule has 1 aromatic heterocycles. The van der Waals surface area contributed by atoms with Crippen LogP contribution in [0.2, 0.25) is 0 Å². The summed E-state index contributed by atoms with van der Waals surface area (Å²) in [5, 5.41) is 0. The predicted molar refractivity (Wildman–Crippen MR) is 83.4 cm³/mol. The van der Waals surface area contributed by atoms with Crippen LogP contribution in [-0.4, -0.2) is 57.8 Å². The molecule has 2 fully saturated rings. The van der Waals surface area contributed by atoms with Crippen molar-refractivity contribution in [1.29, 1.82) is 0 Å². The van der Waals surface area contributed by atoms with Crippen LogP contribution in [0.4, 0.5) is 0 Å². The average molecular weight is 333 g/mol. The Bertz CT molecular complexity index is 747. The highest BCUT2D eigenvalue weighted by molar-refractivity contribution is 6.04. The molecule has 2 aliphatic heterocycles. The summed E-state index contributed by atoms with van der Waals surface area (Å²) in [7, 11) is 1.69. The van der Waals surface area contributed by atoms with Crippen molar-refractivity contribution in [2.45, 2.75) is 25.9 Å². The maximum atomic E-state index is 12.1. The third kappa shape index (κ3) is 3.04. The Kier molecular flexibility index (Phi) is 4.13. The van der Waals surface area contributed by atoms with Crippen LogP contribution in [0.5, 0.6) is 5.75 Å². The number of pyridine rings is 1. The van der Waals surface area contributed by atoms with Gasteiger partial charge in [-0.3, -0.25) is 24.1 Å². The molecular formula is C16H19N3O5. The minimum absolute atomic E-state index is 0.150. The number of likely N-dealkylation sites (tertiary alicyclic amines) is 2. The number of carbonyl (C=O) groups is 3. The van der Waals surface area contributed by atoms with Gasteiger partial charge in [-0.15, -0.1) is 0 Å². The topological polar surface area (TPSA) is 88.9 Å². The molecule has 24 heavy (non-hydrogen) atoms. The fourth-order valence-electron chi connectivity index (χ4n) is 2.75. The maximum Gasteiger partial charge on any atom is 0.254 e. The van der Waals surface area contributed by atoms with Gasteiger partial charge in [-0.2, -0.15) is 0 Å². The molecular weight excluding hydrogens is 314 g/mol. The van der Waals surface area contributed by atoms with E-state index in [0.717, 1.165) is 10.6 Å². The van der Waals surface area contributed by atoms with E-state index in [1.807, 2.05) is 6.92 Å². The second-order valence-corrected chi connectivity index (χ2v) is 6.14. The molecule has 0 saturated carbocycles. The van der Waals surface area contributed by atoms with Gasteiger partial charge < -0.3 is 14.2 Å². The lowest BCUT2D eigenvalue weighted by atomic mass is 10.1. The summed E-state index contributed by atoms with van der Waals surface area (Å²) < 4.78 is 7.23. The van der Waals surface area contributed by atoms with Crippen molar-refractivity contribution < 1.29 is 19.1 Å². The molecule has 8 nitrogen and oxygen atoms in total. The van der Waals surface area contributed by atoms with Crippen LogP contribution in [0.25, 0.3) is 0 Å². The van der Waals surface area contributed by atoms with Gasteiger partial charge in [0.05, 0.1) is 13.1 Å². The lowest BCUT2D eigenvalue weighted by molar-refractivity contribution is -0.149. The zero-order valence-electron chi connectivity index (χ0n) is 13.7. The number of hydrogen-bond acceptors (Lipinski definition) is 5. The third-order valence-corrected chi connectivity index (χ3v) is 4.43. The summed E-state index contributed by atoms with van der Waals surface area (Å²) in [5.41, 5.74) is 0.638. The first-order valence-electron chi connectivity index (χ1n) is 7.80. The smallest absolute Gasteiger partial charge is 0.254 e. The molecule has 2 saturated heterocycles. The Morgan fingerprint density at radius 2 is 1.79 bits per heavy atom. The first-order valence-corrected chi connectivity index (χ1v) is 7.80. The van der Waals surface area contributed by atoms with Crippen LogP contribution >= 0.6 is 0 Å². The maximum absolute atomic E-state index is 12.1. The number of ether oxygens (including phenoxy) is 1. The zero-order chi connectivity index (χ0) is 17.4. The second kappa shape index (κ2) is 6.10. The number of aromatic nitrogens is 1. The SMILES string of the molecule is Cc1cc(OC2CN(C(=O)CN3C(=O)CCC3=O)C2)cc(=O)n1C. The quantitative estimate of drug-likeness (QED) is 0.689. The van der Waals surface area contributed by atoms with Gasteiger partial charge in [0.1, 0.15) is 18.4 Å².